The van der Waals surface area contributed by atoms with Gasteiger partial charge in [-0.15, -0.1) is 0 Å². The highest BCUT2D eigenvalue weighted by Gasteiger charge is 2.34. The van der Waals surface area contributed by atoms with E-state index in [1.165, 1.54) is 25.0 Å². The Morgan fingerprint density at radius 1 is 1.37 bits per heavy atom. The fraction of sp³-hybridized carbons (Fsp3) is 0.684. The Balaban J connectivity index is 1.37. The molecule has 2 N–H and O–H groups in total. The molecule has 0 aliphatic heterocycles. The summed E-state index contributed by atoms with van der Waals surface area (Å²) in [5.41, 5.74) is 1.21. The SMILES string of the molecule is CN(C)Cc1ccc(CSCCNC(C[N+](=O)[O-])NC2=CC3CCC2C3)o1. The first-order valence-corrected chi connectivity index (χ1v) is 10.8. The molecule has 3 unspecified atom stereocenters. The van der Waals surface area contributed by atoms with Crippen molar-refractivity contribution in [2.75, 3.05) is 32.9 Å². The van der Waals surface area contributed by atoms with E-state index in [1.54, 1.807) is 11.8 Å². The van der Waals surface area contributed by atoms with Crippen LogP contribution in [0.4, 0.5) is 0 Å². The third-order valence-corrected chi connectivity index (χ3v) is 6.05. The summed E-state index contributed by atoms with van der Waals surface area (Å²) in [7, 11) is 4.04. The Morgan fingerprint density at radius 2 is 2.19 bits per heavy atom. The van der Waals surface area contributed by atoms with Gasteiger partial charge in [0.1, 0.15) is 17.7 Å². The summed E-state index contributed by atoms with van der Waals surface area (Å²) in [6, 6.07) is 4.05. The lowest BCUT2D eigenvalue weighted by atomic mass is 10.0. The maximum Gasteiger partial charge on any atom is 0.236 e. The van der Waals surface area contributed by atoms with Gasteiger partial charge in [-0.3, -0.25) is 15.4 Å². The molecule has 1 fully saturated rings. The molecule has 0 saturated heterocycles. The number of hydrogen-bond acceptors (Lipinski definition) is 7. The van der Waals surface area contributed by atoms with Crippen LogP contribution in [0.25, 0.3) is 0 Å². The van der Waals surface area contributed by atoms with E-state index in [1.807, 2.05) is 26.2 Å². The molecule has 150 valence electrons. The molecule has 2 bridgehead atoms. The largest absolute Gasteiger partial charge is 0.464 e. The highest BCUT2D eigenvalue weighted by molar-refractivity contribution is 7.98. The molecule has 3 atom stereocenters. The van der Waals surface area contributed by atoms with Gasteiger partial charge in [0, 0.05) is 22.9 Å². The van der Waals surface area contributed by atoms with E-state index in [0.29, 0.717) is 11.8 Å². The lowest BCUT2D eigenvalue weighted by molar-refractivity contribution is -0.484. The molecule has 1 aromatic heterocycles. The van der Waals surface area contributed by atoms with Crippen LogP contribution in [0, 0.1) is 22.0 Å². The van der Waals surface area contributed by atoms with Gasteiger partial charge in [-0.2, -0.15) is 11.8 Å². The van der Waals surface area contributed by atoms with Crippen molar-refractivity contribution in [2.24, 2.45) is 11.8 Å². The van der Waals surface area contributed by atoms with Crippen LogP contribution in [0.2, 0.25) is 0 Å². The fourth-order valence-corrected chi connectivity index (χ4v) is 4.66. The molecule has 1 saturated carbocycles. The number of allylic oxidation sites excluding steroid dienone is 2. The second-order valence-corrected chi connectivity index (χ2v) is 8.82. The van der Waals surface area contributed by atoms with Gasteiger partial charge in [-0.25, -0.2) is 0 Å². The maximum atomic E-state index is 11.0. The Kier molecular flexibility index (Phi) is 7.20. The zero-order valence-corrected chi connectivity index (χ0v) is 17.0. The molecule has 3 rings (SSSR count). The number of thioether (sulfide) groups is 1. The zero-order valence-electron chi connectivity index (χ0n) is 16.1. The second-order valence-electron chi connectivity index (χ2n) is 7.72. The number of furan rings is 1. The second kappa shape index (κ2) is 9.61. The van der Waals surface area contributed by atoms with Crippen molar-refractivity contribution >= 4 is 11.8 Å². The molecule has 0 radical (unpaired) electrons. The molecule has 27 heavy (non-hydrogen) atoms. The topological polar surface area (TPSA) is 83.6 Å². The fourth-order valence-electron chi connectivity index (χ4n) is 3.89. The number of rotatable bonds is 12. The van der Waals surface area contributed by atoms with Crippen molar-refractivity contribution in [2.45, 2.75) is 37.7 Å². The van der Waals surface area contributed by atoms with Crippen molar-refractivity contribution in [3.8, 4) is 0 Å². The Morgan fingerprint density at radius 3 is 2.85 bits per heavy atom. The first kappa shape index (κ1) is 20.2. The summed E-state index contributed by atoms with van der Waals surface area (Å²) < 4.78 is 5.80. The smallest absolute Gasteiger partial charge is 0.236 e. The van der Waals surface area contributed by atoms with Crippen LogP contribution in [0.3, 0.4) is 0 Å². The lowest BCUT2D eigenvalue weighted by Gasteiger charge is -2.22. The number of hydrogen-bond donors (Lipinski definition) is 2. The molecule has 2 aliphatic carbocycles. The Labute approximate surface area is 165 Å². The predicted octanol–water partition coefficient (Wildman–Crippen LogP) is 2.67. The third kappa shape index (κ3) is 6.26. The Hall–Kier alpha value is -1.51. The van der Waals surface area contributed by atoms with Gasteiger partial charge < -0.3 is 14.6 Å². The minimum atomic E-state index is -0.304. The van der Waals surface area contributed by atoms with E-state index in [9.17, 15) is 10.1 Å². The van der Waals surface area contributed by atoms with E-state index in [0.717, 1.165) is 36.1 Å². The molecular formula is C19H30N4O3S. The van der Waals surface area contributed by atoms with E-state index in [2.05, 4.69) is 21.6 Å². The molecule has 0 aromatic carbocycles. The van der Waals surface area contributed by atoms with Gasteiger partial charge in [-0.05, 0) is 57.3 Å². The van der Waals surface area contributed by atoms with Crippen molar-refractivity contribution < 1.29 is 9.34 Å². The molecule has 0 amide bonds. The van der Waals surface area contributed by atoms with Crippen LogP contribution in [0.5, 0.6) is 0 Å². The van der Waals surface area contributed by atoms with E-state index >= 15 is 0 Å². The summed E-state index contributed by atoms with van der Waals surface area (Å²) >= 11 is 1.77. The van der Waals surface area contributed by atoms with Crippen LogP contribution in [0.15, 0.2) is 28.3 Å². The molecule has 2 aliphatic rings. The number of nitrogens with one attached hydrogen (secondary N) is 2. The van der Waals surface area contributed by atoms with Crippen LogP contribution in [-0.4, -0.2) is 48.9 Å². The molecule has 1 aromatic rings. The number of fused-ring (bicyclic) bond motifs is 2. The first-order chi connectivity index (χ1) is 13.0. The predicted molar refractivity (Wildman–Crippen MR) is 108 cm³/mol. The number of nitro groups is 1. The monoisotopic (exact) mass is 394 g/mol. The third-order valence-electron chi connectivity index (χ3n) is 5.07. The van der Waals surface area contributed by atoms with Crippen molar-refractivity contribution in [1.82, 2.24) is 15.5 Å². The van der Waals surface area contributed by atoms with Gasteiger partial charge >= 0.3 is 0 Å². The highest BCUT2D eigenvalue weighted by Crippen LogP contribution is 2.42. The average Bonchev–Trinajstić information content (AvgIpc) is 3.30. The average molecular weight is 395 g/mol. The number of nitrogens with zero attached hydrogens (tertiary/aromatic N) is 2. The van der Waals surface area contributed by atoms with Crippen LogP contribution < -0.4 is 10.6 Å². The van der Waals surface area contributed by atoms with Gasteiger partial charge in [0.15, 0.2) is 0 Å². The van der Waals surface area contributed by atoms with Crippen molar-refractivity contribution in [1.29, 1.82) is 0 Å². The molecule has 0 spiro atoms. The van der Waals surface area contributed by atoms with E-state index < -0.39 is 0 Å². The minimum Gasteiger partial charge on any atom is -0.464 e. The van der Waals surface area contributed by atoms with E-state index in [-0.39, 0.29) is 17.6 Å². The normalized spacial score (nSPS) is 22.3. The van der Waals surface area contributed by atoms with Crippen molar-refractivity contribution in [3.05, 3.63) is 45.5 Å². The zero-order chi connectivity index (χ0) is 19.2. The minimum absolute atomic E-state index is 0.106. The summed E-state index contributed by atoms with van der Waals surface area (Å²) in [5.74, 6) is 4.90. The standard InChI is InChI=1S/C19H30N4O3S/c1-22(2)11-16-5-6-17(26-16)13-27-8-7-20-19(12-23(24)25)21-18-10-14-3-4-15(18)9-14/h5-6,10,14-15,19-21H,3-4,7-9,11-13H2,1-2H3. The quantitative estimate of drug-likeness (QED) is 0.244. The maximum absolute atomic E-state index is 11.0. The summed E-state index contributed by atoms with van der Waals surface area (Å²) in [5, 5.41) is 17.7. The highest BCUT2D eigenvalue weighted by atomic mass is 32.2. The molecular weight excluding hydrogens is 364 g/mol. The van der Waals surface area contributed by atoms with Crippen LogP contribution in [0.1, 0.15) is 30.8 Å². The molecule has 8 heteroatoms. The summed E-state index contributed by atoms with van der Waals surface area (Å²) in [6.45, 7) is 1.42. The van der Waals surface area contributed by atoms with Crippen LogP contribution in [-0.2, 0) is 12.3 Å². The Bertz CT molecular complexity index is 661. The van der Waals surface area contributed by atoms with Gasteiger partial charge in [0.25, 0.3) is 0 Å². The molecule has 7 nitrogen and oxygen atoms in total. The van der Waals surface area contributed by atoms with Gasteiger partial charge in [0.05, 0.1) is 12.3 Å². The van der Waals surface area contributed by atoms with Gasteiger partial charge in [-0.1, -0.05) is 6.08 Å². The van der Waals surface area contributed by atoms with E-state index in [4.69, 9.17) is 4.42 Å². The van der Waals surface area contributed by atoms with Gasteiger partial charge in [0.2, 0.25) is 6.54 Å². The van der Waals surface area contributed by atoms with Crippen LogP contribution >= 0.6 is 11.8 Å². The summed E-state index contributed by atoms with van der Waals surface area (Å²) in [6.07, 6.45) is 5.66. The first-order valence-electron chi connectivity index (χ1n) is 9.63. The molecule has 1 heterocycles. The van der Waals surface area contributed by atoms with Crippen molar-refractivity contribution in [3.63, 3.8) is 0 Å². The lowest BCUT2D eigenvalue weighted by Crippen LogP contribution is -2.48. The summed E-state index contributed by atoms with van der Waals surface area (Å²) in [4.78, 5) is 12.8.